The molecule has 8 heteroatoms. The molecule has 6 atom stereocenters. The fraction of sp³-hybridized carbons (Fsp3) is 0.829. The zero-order chi connectivity index (χ0) is 32.1. The van der Waals surface area contributed by atoms with Gasteiger partial charge < -0.3 is 28.2 Å². The number of rotatable bonds is 15. The Bertz CT molecular complexity index is 973. The quantitative estimate of drug-likeness (QED) is 0.154. The Kier molecular flexibility index (Phi) is 12.8. The molecule has 0 amide bonds. The van der Waals surface area contributed by atoms with E-state index < -0.39 is 16.6 Å². The zero-order valence-electron chi connectivity index (χ0n) is 29.3. The topological polar surface area (TPSA) is 66.4 Å². The van der Waals surface area contributed by atoms with Crippen molar-refractivity contribution >= 4 is 16.6 Å². The largest absolute Gasteiger partial charge is 0.417 e. The van der Waals surface area contributed by atoms with E-state index in [0.717, 1.165) is 38.5 Å². The highest BCUT2D eigenvalue weighted by Gasteiger charge is 2.63. The monoisotopic (exact) mass is 636 g/mol. The highest BCUT2D eigenvalue weighted by atomic mass is 28.4. The lowest BCUT2D eigenvalue weighted by Crippen LogP contribution is -2.59. The molecule has 1 N–H and O–H groups in total. The van der Waals surface area contributed by atoms with Crippen molar-refractivity contribution in [3.05, 3.63) is 35.9 Å². The van der Waals surface area contributed by atoms with E-state index in [4.69, 9.17) is 23.1 Å². The number of hydrogen-bond acceptors (Lipinski definition) is 6. The maximum absolute atomic E-state index is 10.0. The molecule has 0 aliphatic heterocycles. The maximum Gasteiger partial charge on any atom is 0.192 e. The molecule has 2 aliphatic rings. The average Bonchev–Trinajstić information content (AvgIpc) is 3.22. The highest BCUT2D eigenvalue weighted by Crippen LogP contribution is 2.62. The van der Waals surface area contributed by atoms with Gasteiger partial charge in [-0.3, -0.25) is 0 Å². The molecule has 1 aromatic rings. The van der Waals surface area contributed by atoms with Gasteiger partial charge in [-0.25, -0.2) is 0 Å². The number of fused-ring (bicyclic) bond motifs is 1. The van der Waals surface area contributed by atoms with Crippen molar-refractivity contribution < 1.29 is 28.2 Å². The summed E-state index contributed by atoms with van der Waals surface area (Å²) in [5.74, 6) is 0.658. The standard InChI is InChI=1S/C35H64O6Si2/c1-33(2,3)42(8,9)40-23-21-35-28(19-20-30(32(35)39-26-37-7)41-43(10,11)34(4,5)6)24-31(29(35)18-15-22-36)38-25-27-16-13-12-14-17-27/h12-14,16-17,28-32,36H,15,18-26H2,1-11H3/t28-,29-,30-,31+,32+,35-/m0/s1. The normalized spacial score (nSPS) is 28.7. The van der Waals surface area contributed by atoms with Gasteiger partial charge in [-0.05, 0) is 92.2 Å². The molecule has 0 saturated heterocycles. The molecule has 0 unspecified atom stereocenters. The summed E-state index contributed by atoms with van der Waals surface area (Å²) in [4.78, 5) is 0. The minimum atomic E-state index is -2.08. The molecular formula is C35H64O6Si2. The zero-order valence-corrected chi connectivity index (χ0v) is 31.3. The van der Waals surface area contributed by atoms with Crippen LogP contribution in [0.2, 0.25) is 36.3 Å². The Morgan fingerprint density at radius 1 is 0.884 bits per heavy atom. The van der Waals surface area contributed by atoms with E-state index in [2.05, 4.69) is 98.1 Å². The van der Waals surface area contributed by atoms with Crippen LogP contribution in [0.25, 0.3) is 0 Å². The molecule has 1 aromatic carbocycles. The Morgan fingerprint density at radius 3 is 2.12 bits per heavy atom. The summed E-state index contributed by atoms with van der Waals surface area (Å²) in [5, 5.41) is 10.3. The summed E-state index contributed by atoms with van der Waals surface area (Å²) >= 11 is 0. The molecule has 0 aromatic heterocycles. The molecule has 6 nitrogen and oxygen atoms in total. The lowest BCUT2D eigenvalue weighted by Gasteiger charge is -2.54. The minimum Gasteiger partial charge on any atom is -0.417 e. The Morgan fingerprint density at radius 2 is 1.53 bits per heavy atom. The number of aliphatic hydroxyl groups is 1. The van der Waals surface area contributed by atoms with E-state index >= 15 is 0 Å². The second-order valence-corrected chi connectivity index (χ2v) is 25.8. The van der Waals surface area contributed by atoms with Crippen LogP contribution in [0.3, 0.4) is 0 Å². The molecule has 3 rings (SSSR count). The number of aliphatic hydroxyl groups excluding tert-OH is 1. The summed E-state index contributed by atoms with van der Waals surface area (Å²) < 4.78 is 33.3. The average molecular weight is 637 g/mol. The molecule has 0 heterocycles. The summed E-state index contributed by atoms with van der Waals surface area (Å²) in [6, 6.07) is 10.5. The van der Waals surface area contributed by atoms with Gasteiger partial charge in [0.2, 0.25) is 0 Å². The number of methoxy groups -OCH3 is 1. The molecule has 2 fully saturated rings. The van der Waals surface area contributed by atoms with Crippen molar-refractivity contribution in [2.75, 3.05) is 27.1 Å². The second kappa shape index (κ2) is 14.9. The summed E-state index contributed by atoms with van der Waals surface area (Å²) in [6.45, 7) is 25.0. The van der Waals surface area contributed by atoms with Crippen LogP contribution >= 0.6 is 0 Å². The molecule has 2 saturated carbocycles. The molecule has 2 aliphatic carbocycles. The third kappa shape index (κ3) is 8.62. The van der Waals surface area contributed by atoms with E-state index in [-0.39, 0.29) is 53.1 Å². The van der Waals surface area contributed by atoms with E-state index in [0.29, 0.717) is 19.1 Å². The molecule has 43 heavy (non-hydrogen) atoms. The van der Waals surface area contributed by atoms with Gasteiger partial charge in [-0.15, -0.1) is 0 Å². The van der Waals surface area contributed by atoms with Crippen LogP contribution in [0.1, 0.15) is 85.6 Å². The molecule has 0 bridgehead atoms. The van der Waals surface area contributed by atoms with Gasteiger partial charge in [-0.1, -0.05) is 71.9 Å². The predicted molar refractivity (Wildman–Crippen MR) is 181 cm³/mol. The molecule has 0 spiro atoms. The first kappa shape index (κ1) is 36.9. The summed E-state index contributed by atoms with van der Waals surface area (Å²) in [6.07, 6.45) is 5.57. The van der Waals surface area contributed by atoms with Gasteiger partial charge in [0.1, 0.15) is 6.79 Å². The predicted octanol–water partition coefficient (Wildman–Crippen LogP) is 8.55. The van der Waals surface area contributed by atoms with Crippen LogP contribution in [-0.4, -0.2) is 67.2 Å². The summed E-state index contributed by atoms with van der Waals surface area (Å²) in [5.41, 5.74) is 1.00. The van der Waals surface area contributed by atoms with Gasteiger partial charge in [0.15, 0.2) is 16.6 Å². The fourth-order valence-electron chi connectivity index (χ4n) is 7.04. The van der Waals surface area contributed by atoms with Gasteiger partial charge in [0.25, 0.3) is 0 Å². The van der Waals surface area contributed by atoms with Gasteiger partial charge in [0.05, 0.1) is 24.9 Å². The Labute approximate surface area is 265 Å². The van der Waals surface area contributed by atoms with Crippen molar-refractivity contribution in [2.24, 2.45) is 17.3 Å². The third-order valence-corrected chi connectivity index (χ3v) is 20.5. The van der Waals surface area contributed by atoms with E-state index in [1.807, 2.05) is 0 Å². The van der Waals surface area contributed by atoms with Crippen molar-refractivity contribution in [3.8, 4) is 0 Å². The minimum absolute atomic E-state index is 0.00957. The van der Waals surface area contributed by atoms with E-state index in [1.54, 1.807) is 7.11 Å². The van der Waals surface area contributed by atoms with Gasteiger partial charge in [0, 0.05) is 25.7 Å². The van der Waals surface area contributed by atoms with Crippen molar-refractivity contribution in [2.45, 2.75) is 141 Å². The first-order valence-corrected chi connectivity index (χ1v) is 22.5. The van der Waals surface area contributed by atoms with Crippen LogP contribution < -0.4 is 0 Å². The van der Waals surface area contributed by atoms with Crippen LogP contribution in [0, 0.1) is 17.3 Å². The maximum atomic E-state index is 10.0. The van der Waals surface area contributed by atoms with Crippen LogP contribution in [0.4, 0.5) is 0 Å². The second-order valence-electron chi connectivity index (χ2n) is 16.2. The Balaban J connectivity index is 2.05. The van der Waals surface area contributed by atoms with Crippen molar-refractivity contribution in [3.63, 3.8) is 0 Å². The summed E-state index contributed by atoms with van der Waals surface area (Å²) in [7, 11) is -2.32. The first-order chi connectivity index (χ1) is 20.0. The first-order valence-electron chi connectivity index (χ1n) is 16.7. The lowest BCUT2D eigenvalue weighted by molar-refractivity contribution is -0.204. The van der Waals surface area contributed by atoms with Crippen molar-refractivity contribution in [1.82, 2.24) is 0 Å². The Hall–Kier alpha value is -0.586. The van der Waals surface area contributed by atoms with Crippen LogP contribution in [-0.2, 0) is 29.7 Å². The van der Waals surface area contributed by atoms with E-state index in [9.17, 15) is 5.11 Å². The number of hydrogen-bond donors (Lipinski definition) is 1. The van der Waals surface area contributed by atoms with Gasteiger partial charge >= 0.3 is 0 Å². The third-order valence-electron chi connectivity index (χ3n) is 11.5. The van der Waals surface area contributed by atoms with Gasteiger partial charge in [-0.2, -0.15) is 0 Å². The number of ether oxygens (including phenoxy) is 3. The highest BCUT2D eigenvalue weighted by molar-refractivity contribution is 6.74. The smallest absolute Gasteiger partial charge is 0.192 e. The van der Waals surface area contributed by atoms with Crippen LogP contribution in [0.15, 0.2) is 30.3 Å². The molecule has 0 radical (unpaired) electrons. The van der Waals surface area contributed by atoms with Crippen molar-refractivity contribution in [1.29, 1.82) is 0 Å². The number of benzene rings is 1. The molecular weight excluding hydrogens is 573 g/mol. The SMILES string of the molecule is COCO[C@@H]1[C@@H](O[Si](C)(C)C(C)(C)C)CC[C@H]2C[C@@H](OCc3ccccc3)[C@H](CCCO)[C@]21CCO[Si](C)(C)C(C)(C)C. The van der Waals surface area contributed by atoms with E-state index in [1.165, 1.54) is 5.56 Å². The molecule has 248 valence electrons. The fourth-order valence-corrected chi connectivity index (χ4v) is 9.44. The lowest BCUT2D eigenvalue weighted by atomic mass is 9.59. The van der Waals surface area contributed by atoms with Crippen LogP contribution in [0.5, 0.6) is 0 Å².